The van der Waals surface area contributed by atoms with Gasteiger partial charge in [-0.15, -0.1) is 0 Å². The summed E-state index contributed by atoms with van der Waals surface area (Å²) < 4.78 is 31.1. The van der Waals surface area contributed by atoms with Crippen molar-refractivity contribution in [2.24, 2.45) is 0 Å². The smallest absolute Gasteiger partial charge is 0.352 e. The van der Waals surface area contributed by atoms with Gasteiger partial charge >= 0.3 is 5.97 Å². The van der Waals surface area contributed by atoms with E-state index in [9.17, 15) is 18.3 Å². The van der Waals surface area contributed by atoms with Crippen molar-refractivity contribution >= 4 is 21.7 Å². The molecule has 0 spiro atoms. The number of carboxylic acid groups (broad SMARTS) is 1. The maximum atomic E-state index is 12.8. The lowest BCUT2D eigenvalue weighted by molar-refractivity contribution is 0.0688. The molecule has 0 fully saturated rings. The molecule has 2 aromatic heterocycles. The first-order chi connectivity index (χ1) is 14.3. The topological polar surface area (TPSA) is 106 Å². The van der Waals surface area contributed by atoms with Gasteiger partial charge in [0.05, 0.1) is 18.1 Å². The number of para-hydroxylation sites is 1. The van der Waals surface area contributed by atoms with Crippen LogP contribution in [0.4, 0.5) is 5.69 Å². The van der Waals surface area contributed by atoms with Crippen LogP contribution in [0.3, 0.4) is 0 Å². The second-order valence-electron chi connectivity index (χ2n) is 6.63. The Balaban J connectivity index is 1.60. The number of nitrogens with one attached hydrogen (secondary N) is 1. The molecule has 9 heteroatoms. The maximum Gasteiger partial charge on any atom is 0.352 e. The molecule has 0 unspecified atom stereocenters. The fourth-order valence-electron chi connectivity index (χ4n) is 3.14. The van der Waals surface area contributed by atoms with E-state index in [1.54, 1.807) is 42.0 Å². The highest BCUT2D eigenvalue weighted by Gasteiger charge is 2.18. The zero-order chi connectivity index (χ0) is 21.3. The minimum Gasteiger partial charge on any atom is -0.477 e. The van der Waals surface area contributed by atoms with E-state index in [2.05, 4.69) is 9.82 Å². The van der Waals surface area contributed by atoms with E-state index in [0.29, 0.717) is 16.9 Å². The summed E-state index contributed by atoms with van der Waals surface area (Å²) in [7, 11) is -3.84. The molecule has 30 heavy (non-hydrogen) atoms. The number of sulfonamides is 1. The van der Waals surface area contributed by atoms with E-state index in [1.807, 2.05) is 30.3 Å². The maximum absolute atomic E-state index is 12.8. The fourth-order valence-corrected chi connectivity index (χ4v) is 4.12. The minimum atomic E-state index is -3.84. The van der Waals surface area contributed by atoms with Crippen molar-refractivity contribution in [1.29, 1.82) is 0 Å². The number of benzene rings is 2. The lowest BCUT2D eigenvalue weighted by atomic mass is 10.1. The molecule has 0 aliphatic rings. The molecule has 2 heterocycles. The first kappa shape index (κ1) is 19.5. The molecule has 8 nitrogen and oxygen atoms in total. The van der Waals surface area contributed by atoms with Gasteiger partial charge in [0.25, 0.3) is 10.0 Å². The quantitative estimate of drug-likeness (QED) is 0.495. The third kappa shape index (κ3) is 3.70. The van der Waals surface area contributed by atoms with Gasteiger partial charge in [-0.05, 0) is 55.0 Å². The molecule has 4 rings (SSSR count). The molecule has 0 aliphatic carbocycles. The Morgan fingerprint density at radius 1 is 1.07 bits per heavy atom. The number of hydrogen-bond acceptors (Lipinski definition) is 4. The van der Waals surface area contributed by atoms with Gasteiger partial charge in [-0.25, -0.2) is 17.9 Å². The van der Waals surface area contributed by atoms with E-state index >= 15 is 0 Å². The number of rotatable bonds is 6. The van der Waals surface area contributed by atoms with Crippen molar-refractivity contribution in [3.8, 4) is 11.4 Å². The van der Waals surface area contributed by atoms with Gasteiger partial charge in [0, 0.05) is 17.6 Å². The van der Waals surface area contributed by atoms with Crippen LogP contribution in [0.2, 0.25) is 0 Å². The lowest BCUT2D eigenvalue weighted by Crippen LogP contribution is -2.13. The van der Waals surface area contributed by atoms with E-state index in [1.165, 1.54) is 23.1 Å². The van der Waals surface area contributed by atoms with Crippen molar-refractivity contribution in [1.82, 2.24) is 14.3 Å². The van der Waals surface area contributed by atoms with Gasteiger partial charge in [-0.2, -0.15) is 5.10 Å². The summed E-state index contributed by atoms with van der Waals surface area (Å²) in [5, 5.41) is 13.4. The van der Waals surface area contributed by atoms with Crippen LogP contribution in [0.1, 0.15) is 16.1 Å². The predicted octanol–water partition coefficient (Wildman–Crippen LogP) is 3.47. The Kier molecular flexibility index (Phi) is 4.88. The number of nitrogens with zero attached hydrogens (tertiary/aromatic N) is 3. The highest BCUT2D eigenvalue weighted by atomic mass is 32.2. The van der Waals surface area contributed by atoms with Crippen molar-refractivity contribution in [3.05, 3.63) is 90.5 Å². The SMILES string of the molecule is Cc1cc(NS(=O)(=O)c2cnn(-c3ccccc3)c2)ccc1-n1cccc1C(=O)O. The molecular weight excluding hydrogens is 404 g/mol. The van der Waals surface area contributed by atoms with Gasteiger partial charge in [0.15, 0.2) is 0 Å². The van der Waals surface area contributed by atoms with Crippen molar-refractivity contribution in [2.45, 2.75) is 11.8 Å². The molecule has 4 aromatic rings. The van der Waals surface area contributed by atoms with Crippen LogP contribution in [-0.4, -0.2) is 33.8 Å². The lowest BCUT2D eigenvalue weighted by Gasteiger charge is -2.13. The first-order valence-corrected chi connectivity index (χ1v) is 10.5. The number of carboxylic acids is 1. The summed E-state index contributed by atoms with van der Waals surface area (Å²) >= 11 is 0. The van der Waals surface area contributed by atoms with Gasteiger partial charge in [-0.3, -0.25) is 4.72 Å². The molecule has 0 aliphatic heterocycles. The Morgan fingerprint density at radius 3 is 2.53 bits per heavy atom. The Morgan fingerprint density at radius 2 is 1.83 bits per heavy atom. The van der Waals surface area contributed by atoms with Crippen molar-refractivity contribution in [2.75, 3.05) is 4.72 Å². The van der Waals surface area contributed by atoms with Gasteiger partial charge < -0.3 is 9.67 Å². The van der Waals surface area contributed by atoms with Crippen LogP contribution in [-0.2, 0) is 10.0 Å². The molecule has 0 amide bonds. The van der Waals surface area contributed by atoms with Gasteiger partial charge in [0.2, 0.25) is 0 Å². The van der Waals surface area contributed by atoms with Crippen LogP contribution in [0.25, 0.3) is 11.4 Å². The molecule has 0 saturated carbocycles. The van der Waals surface area contributed by atoms with Crippen LogP contribution in [0, 0.1) is 6.92 Å². The van der Waals surface area contributed by atoms with E-state index in [4.69, 9.17) is 0 Å². The molecule has 152 valence electrons. The Hall–Kier alpha value is -3.85. The van der Waals surface area contributed by atoms with E-state index in [-0.39, 0.29) is 10.6 Å². The van der Waals surface area contributed by atoms with Gasteiger partial charge in [0.1, 0.15) is 10.6 Å². The molecule has 0 saturated heterocycles. The van der Waals surface area contributed by atoms with Crippen LogP contribution >= 0.6 is 0 Å². The van der Waals surface area contributed by atoms with Gasteiger partial charge in [-0.1, -0.05) is 18.2 Å². The molecule has 0 atom stereocenters. The predicted molar refractivity (Wildman–Crippen MR) is 112 cm³/mol. The largest absolute Gasteiger partial charge is 0.477 e. The number of aromatic nitrogens is 3. The first-order valence-electron chi connectivity index (χ1n) is 9.00. The van der Waals surface area contributed by atoms with Crippen molar-refractivity contribution < 1.29 is 18.3 Å². The number of aromatic carboxylic acids is 1. The summed E-state index contributed by atoms with van der Waals surface area (Å²) in [6, 6.07) is 17.3. The summed E-state index contributed by atoms with van der Waals surface area (Å²) in [6.45, 7) is 1.78. The van der Waals surface area contributed by atoms with Crippen molar-refractivity contribution in [3.63, 3.8) is 0 Å². The summed E-state index contributed by atoms with van der Waals surface area (Å²) in [4.78, 5) is 11.4. The number of hydrogen-bond donors (Lipinski definition) is 2. The van der Waals surface area contributed by atoms with Crippen LogP contribution < -0.4 is 4.72 Å². The second-order valence-corrected chi connectivity index (χ2v) is 8.31. The molecule has 2 aromatic carbocycles. The Labute approximate surface area is 173 Å². The van der Waals surface area contributed by atoms with E-state index < -0.39 is 16.0 Å². The highest BCUT2D eigenvalue weighted by Crippen LogP contribution is 2.23. The molecule has 2 N–H and O–H groups in total. The molecular formula is C21H18N4O4S. The van der Waals surface area contributed by atoms with E-state index in [0.717, 1.165) is 5.69 Å². The third-order valence-electron chi connectivity index (χ3n) is 4.57. The average Bonchev–Trinajstić information content (AvgIpc) is 3.39. The summed E-state index contributed by atoms with van der Waals surface area (Å²) in [5.74, 6) is -1.04. The molecule has 0 bridgehead atoms. The standard InChI is InChI=1S/C21H18N4O4S/c1-15-12-16(9-10-19(15)24-11-5-8-20(24)21(26)27)23-30(28,29)18-13-22-25(14-18)17-6-3-2-4-7-17/h2-14,23H,1H3,(H,26,27). The zero-order valence-corrected chi connectivity index (χ0v) is 16.7. The normalized spacial score (nSPS) is 11.4. The monoisotopic (exact) mass is 422 g/mol. The number of anilines is 1. The second kappa shape index (κ2) is 7.53. The average molecular weight is 422 g/mol. The van der Waals surface area contributed by atoms with Crippen LogP contribution in [0.15, 0.2) is 84.1 Å². The highest BCUT2D eigenvalue weighted by molar-refractivity contribution is 7.92. The fraction of sp³-hybridized carbons (Fsp3) is 0.0476. The summed E-state index contributed by atoms with van der Waals surface area (Å²) in [5.41, 5.74) is 2.61. The number of carbonyl (C=O) groups is 1. The summed E-state index contributed by atoms with van der Waals surface area (Å²) in [6.07, 6.45) is 4.38. The zero-order valence-electron chi connectivity index (χ0n) is 15.9. The molecule has 0 radical (unpaired) electrons. The Bertz CT molecular complexity index is 1320. The minimum absolute atomic E-state index is 0.0339. The number of aryl methyl sites for hydroxylation is 1. The van der Waals surface area contributed by atoms with Crippen LogP contribution in [0.5, 0.6) is 0 Å². The third-order valence-corrected chi connectivity index (χ3v) is 5.90.